The number of carbonyl (C=O) groups is 4. The summed E-state index contributed by atoms with van der Waals surface area (Å²) in [6.07, 6.45) is -5.21. The Hall–Kier alpha value is -9.05. The molecule has 8 rings (SSSR count). The first-order valence-corrected chi connectivity index (χ1v) is 22.6. The number of halogens is 7. The quantitative estimate of drug-likeness (QED) is 0.0825. The Balaban J connectivity index is 0.000000185. The minimum atomic E-state index is -4.38. The molecule has 16 heteroatoms. The Morgan fingerprint density at radius 1 is 0.400 bits per heavy atom. The molecule has 0 aliphatic heterocycles. The minimum absolute atomic E-state index is 0.169. The van der Waals surface area contributed by atoms with E-state index < -0.39 is 53.1 Å². The van der Waals surface area contributed by atoms with E-state index >= 15 is 0 Å². The second kappa shape index (κ2) is 26.6. The number of carboxylic acid groups (broad SMARTS) is 4. The molecule has 4 N–H and O–H groups in total. The number of ether oxygens (including phenoxy) is 1. The maximum Gasteiger partial charge on any atom is 0.416 e. The molecule has 0 fully saturated rings. The fourth-order valence-corrected chi connectivity index (χ4v) is 7.55. The van der Waals surface area contributed by atoms with Crippen molar-refractivity contribution < 1.29 is 75.1 Å². The lowest BCUT2D eigenvalue weighted by molar-refractivity contribution is -0.138. The van der Waals surface area contributed by atoms with Crippen LogP contribution in [0.1, 0.15) is 33.4 Å². The van der Waals surface area contributed by atoms with Gasteiger partial charge in [-0.05, 0) is 146 Å². The first-order chi connectivity index (χ1) is 35.6. The van der Waals surface area contributed by atoms with E-state index in [4.69, 9.17) is 25.2 Å². The van der Waals surface area contributed by atoms with Crippen molar-refractivity contribution in [3.63, 3.8) is 0 Å². The molecule has 8 aromatic rings. The molecule has 386 valence electrons. The summed E-state index contributed by atoms with van der Waals surface area (Å²) in [5.74, 6) is -4.97. The summed E-state index contributed by atoms with van der Waals surface area (Å²) < 4.78 is 94.9. The lowest BCUT2D eigenvalue weighted by Gasteiger charge is -2.10. The van der Waals surface area contributed by atoms with E-state index in [1.54, 1.807) is 55.6 Å². The number of rotatable bonds is 13. The van der Waals surface area contributed by atoms with E-state index in [-0.39, 0.29) is 31.5 Å². The number of methoxy groups -OCH3 is 1. The molecule has 0 bridgehead atoms. The van der Waals surface area contributed by atoms with Crippen LogP contribution in [0.2, 0.25) is 0 Å². The van der Waals surface area contributed by atoms with Gasteiger partial charge >= 0.3 is 30.1 Å². The summed E-state index contributed by atoms with van der Waals surface area (Å²) >= 11 is 0. The van der Waals surface area contributed by atoms with E-state index in [1.165, 1.54) is 78.9 Å². The molecule has 0 radical (unpaired) electrons. The Kier molecular flexibility index (Phi) is 20.2. The van der Waals surface area contributed by atoms with Gasteiger partial charge in [0.05, 0.1) is 38.4 Å². The second-order valence-corrected chi connectivity index (χ2v) is 16.5. The molecule has 0 spiro atoms. The summed E-state index contributed by atoms with van der Waals surface area (Å²) in [4.78, 5) is 43.1. The standard InChI is InChI=1S/C15H11F3O2.C15H13FO3.C15H13FO2.C14H10F2O2/c16-15(17,18)12-7-5-10(6-8-12)13-4-2-1-3-11(13)9-14(19)20;1-19-13-5-2-10(3-6-13)14-7-4-12(16)8-11(14)9-15(17)18;1-10-2-4-11(5-3-10)14-7-6-13(16)8-12(14)9-15(17)18;15-11-3-1-9(2-4-11)13-6-5-12(16)7-10(13)8-14(17)18/h1-8H,9H2,(H,19,20);2-8H,9H2,1H3,(H,17,18);2-8H,9H2,1H3,(H,17,18);1-7H,8H2,(H,17,18). The molecule has 0 aliphatic rings. The third kappa shape index (κ3) is 17.6. The van der Waals surface area contributed by atoms with Gasteiger partial charge in [-0.3, -0.25) is 19.2 Å². The van der Waals surface area contributed by atoms with E-state index in [2.05, 4.69) is 0 Å². The highest BCUT2D eigenvalue weighted by atomic mass is 19.4. The van der Waals surface area contributed by atoms with Gasteiger partial charge in [0.15, 0.2) is 0 Å². The minimum Gasteiger partial charge on any atom is -0.497 e. The highest BCUT2D eigenvalue weighted by molar-refractivity contribution is 5.79. The van der Waals surface area contributed by atoms with Crippen molar-refractivity contribution >= 4 is 23.9 Å². The Morgan fingerprint density at radius 3 is 1.07 bits per heavy atom. The Bertz CT molecular complexity index is 3120. The van der Waals surface area contributed by atoms with Gasteiger partial charge in [0.2, 0.25) is 0 Å². The summed E-state index contributed by atoms with van der Waals surface area (Å²) in [7, 11) is 1.57. The van der Waals surface area contributed by atoms with E-state index in [0.29, 0.717) is 55.8 Å². The first kappa shape index (κ1) is 56.9. The van der Waals surface area contributed by atoms with Crippen LogP contribution in [0, 0.1) is 30.2 Å². The van der Waals surface area contributed by atoms with Crippen molar-refractivity contribution in [2.45, 2.75) is 38.8 Å². The maximum atomic E-state index is 13.2. The fourth-order valence-electron chi connectivity index (χ4n) is 7.55. The summed E-state index contributed by atoms with van der Waals surface area (Å²) in [6, 6.07) is 44.4. The zero-order valence-electron chi connectivity index (χ0n) is 40.0. The zero-order chi connectivity index (χ0) is 54.8. The first-order valence-electron chi connectivity index (χ1n) is 22.6. The van der Waals surface area contributed by atoms with Gasteiger partial charge in [-0.15, -0.1) is 0 Å². The van der Waals surface area contributed by atoms with Crippen molar-refractivity contribution in [2.75, 3.05) is 7.11 Å². The molecule has 0 aromatic heterocycles. The predicted molar refractivity (Wildman–Crippen MR) is 269 cm³/mol. The van der Waals surface area contributed by atoms with Crippen LogP contribution in [-0.2, 0) is 51.0 Å². The van der Waals surface area contributed by atoms with Gasteiger partial charge in [-0.2, -0.15) is 13.2 Å². The average molecular weight is 1030 g/mol. The molecule has 9 nitrogen and oxygen atoms in total. The third-order valence-electron chi connectivity index (χ3n) is 11.0. The average Bonchev–Trinajstić information content (AvgIpc) is 3.35. The van der Waals surface area contributed by atoms with Crippen LogP contribution in [0.4, 0.5) is 30.7 Å². The van der Waals surface area contributed by atoms with E-state index in [0.717, 1.165) is 34.4 Å². The molecule has 0 amide bonds. The fraction of sp³-hybridized carbons (Fsp3) is 0.119. The topological polar surface area (TPSA) is 158 Å². The van der Waals surface area contributed by atoms with Gasteiger partial charge in [0, 0.05) is 0 Å². The van der Waals surface area contributed by atoms with Gasteiger partial charge in [0.1, 0.15) is 29.0 Å². The van der Waals surface area contributed by atoms with Crippen molar-refractivity contribution in [1.82, 2.24) is 0 Å². The molecule has 0 atom stereocenters. The van der Waals surface area contributed by atoms with E-state index in [9.17, 15) is 49.9 Å². The number of carboxylic acids is 4. The number of alkyl halides is 3. The summed E-state index contributed by atoms with van der Waals surface area (Å²) in [6.45, 7) is 1.98. The molecule has 0 aliphatic carbocycles. The van der Waals surface area contributed by atoms with Crippen LogP contribution >= 0.6 is 0 Å². The maximum absolute atomic E-state index is 13.2. The Labute approximate surface area is 426 Å². The second-order valence-electron chi connectivity index (χ2n) is 16.5. The molecule has 0 saturated heterocycles. The number of hydrogen-bond acceptors (Lipinski definition) is 5. The van der Waals surface area contributed by atoms with Crippen LogP contribution in [0.15, 0.2) is 176 Å². The lowest BCUT2D eigenvalue weighted by Crippen LogP contribution is -2.04. The highest BCUT2D eigenvalue weighted by Crippen LogP contribution is 2.33. The van der Waals surface area contributed by atoms with Crippen molar-refractivity contribution in [3.05, 3.63) is 233 Å². The monoisotopic (exact) mass is 1030 g/mol. The van der Waals surface area contributed by atoms with Crippen LogP contribution in [-0.4, -0.2) is 51.4 Å². The molecular formula is C59H47F7O9. The highest BCUT2D eigenvalue weighted by Gasteiger charge is 2.30. The van der Waals surface area contributed by atoms with Crippen molar-refractivity contribution in [3.8, 4) is 50.3 Å². The number of aliphatic carboxylic acids is 4. The Morgan fingerprint density at radius 2 is 0.707 bits per heavy atom. The number of aryl methyl sites for hydroxylation is 1. The molecular weight excluding hydrogens is 986 g/mol. The summed E-state index contributed by atoms with van der Waals surface area (Å²) in [5.41, 5.74) is 7.94. The zero-order valence-corrected chi connectivity index (χ0v) is 40.0. The molecule has 0 heterocycles. The van der Waals surface area contributed by atoms with Crippen LogP contribution < -0.4 is 4.74 Å². The molecule has 8 aromatic carbocycles. The van der Waals surface area contributed by atoms with Gasteiger partial charge in [-0.25, -0.2) is 17.6 Å². The number of benzene rings is 8. The van der Waals surface area contributed by atoms with Crippen LogP contribution in [0.5, 0.6) is 5.75 Å². The normalized spacial score (nSPS) is 10.6. The molecule has 0 saturated carbocycles. The molecule has 75 heavy (non-hydrogen) atoms. The van der Waals surface area contributed by atoms with Gasteiger partial charge < -0.3 is 25.2 Å². The van der Waals surface area contributed by atoms with Crippen LogP contribution in [0.3, 0.4) is 0 Å². The lowest BCUT2D eigenvalue weighted by atomic mass is 9.97. The largest absolute Gasteiger partial charge is 0.497 e. The van der Waals surface area contributed by atoms with Crippen molar-refractivity contribution in [2.24, 2.45) is 0 Å². The SMILES string of the molecule is COc1ccc(-c2ccc(F)cc2CC(=O)O)cc1.Cc1ccc(-c2ccc(F)cc2CC(=O)O)cc1.O=C(O)Cc1cc(F)ccc1-c1ccc(F)cc1.O=C(O)Cc1ccccc1-c1ccc(C(F)(F)F)cc1. The molecule has 0 unspecified atom stereocenters. The van der Waals surface area contributed by atoms with E-state index in [1.807, 2.05) is 43.3 Å². The van der Waals surface area contributed by atoms with Gasteiger partial charge in [-0.1, -0.05) is 109 Å². The number of hydrogen-bond donors (Lipinski definition) is 4. The summed E-state index contributed by atoms with van der Waals surface area (Å²) in [5, 5.41) is 35.4. The van der Waals surface area contributed by atoms with Gasteiger partial charge in [0.25, 0.3) is 0 Å². The smallest absolute Gasteiger partial charge is 0.416 e. The third-order valence-corrected chi connectivity index (χ3v) is 11.0. The predicted octanol–water partition coefficient (Wildman–Crippen LogP) is 13.8. The van der Waals surface area contributed by atoms with Crippen LogP contribution in [0.25, 0.3) is 44.5 Å². The van der Waals surface area contributed by atoms with Crippen molar-refractivity contribution in [1.29, 1.82) is 0 Å².